The summed E-state index contributed by atoms with van der Waals surface area (Å²) < 4.78 is 21.3. The van der Waals surface area contributed by atoms with E-state index in [0.717, 1.165) is 0 Å². The maximum Gasteiger partial charge on any atom is 0.295 e. The van der Waals surface area contributed by atoms with Gasteiger partial charge >= 0.3 is 0 Å². The highest BCUT2D eigenvalue weighted by Gasteiger charge is 2.42. The number of hydrogen-bond donors (Lipinski definition) is 1. The highest BCUT2D eigenvalue weighted by molar-refractivity contribution is 5.92. The van der Waals surface area contributed by atoms with Gasteiger partial charge in [0.05, 0.1) is 29.0 Å². The number of aryl methyl sites for hydroxylation is 1. The van der Waals surface area contributed by atoms with E-state index < -0.39 is 28.7 Å². The van der Waals surface area contributed by atoms with Gasteiger partial charge in [-0.1, -0.05) is 12.1 Å². The van der Waals surface area contributed by atoms with Crippen molar-refractivity contribution in [3.63, 3.8) is 0 Å². The lowest BCUT2D eigenvalue weighted by molar-refractivity contribution is -0.385. The molecule has 1 aliphatic rings. The number of aromatic nitrogens is 3. The number of rotatable bonds is 7. The van der Waals surface area contributed by atoms with Gasteiger partial charge in [-0.25, -0.2) is 14.4 Å². The van der Waals surface area contributed by atoms with Gasteiger partial charge in [0, 0.05) is 37.8 Å². The molecule has 1 N–H and O–H groups in total. The summed E-state index contributed by atoms with van der Waals surface area (Å²) in [6.45, 7) is 6.12. The fourth-order valence-corrected chi connectivity index (χ4v) is 5.01. The molecular formula is C25H29FN6O5. The second-order valence-corrected chi connectivity index (χ2v) is 9.38. The normalized spacial score (nSPS) is 18.2. The Labute approximate surface area is 212 Å². The Morgan fingerprint density at radius 2 is 2.08 bits per heavy atom. The predicted molar refractivity (Wildman–Crippen MR) is 136 cm³/mol. The van der Waals surface area contributed by atoms with Crippen LogP contribution in [0.15, 0.2) is 29.2 Å². The predicted octanol–water partition coefficient (Wildman–Crippen LogP) is 3.42. The monoisotopic (exact) mass is 512 g/mol. The average molecular weight is 513 g/mol. The van der Waals surface area contributed by atoms with E-state index in [-0.39, 0.29) is 35.8 Å². The molecule has 1 aliphatic heterocycles. The number of hydrogen-bond acceptors (Lipinski definition) is 8. The number of likely N-dealkylation sites (tertiary alicyclic amines) is 1. The molecule has 4 rings (SSSR count). The van der Waals surface area contributed by atoms with Crippen LogP contribution in [0, 0.1) is 24.0 Å². The van der Waals surface area contributed by atoms with Gasteiger partial charge in [-0.05, 0) is 32.8 Å². The summed E-state index contributed by atoms with van der Waals surface area (Å²) in [6.07, 6.45) is 1.77. The number of halogens is 1. The number of fused-ring (bicyclic) bond motifs is 1. The van der Waals surface area contributed by atoms with Gasteiger partial charge in [0.15, 0.2) is 0 Å². The fraction of sp³-hybridized carbons (Fsp3) is 0.440. The molecule has 1 unspecified atom stereocenters. The quantitative estimate of drug-likeness (QED) is 0.376. The molecule has 1 aromatic carbocycles. The second kappa shape index (κ2) is 9.75. The van der Waals surface area contributed by atoms with Crippen LogP contribution in [-0.4, -0.2) is 57.1 Å². The molecule has 0 aliphatic carbocycles. The van der Waals surface area contributed by atoms with Crippen molar-refractivity contribution in [2.24, 2.45) is 0 Å². The molecule has 0 bridgehead atoms. The zero-order valence-electron chi connectivity index (χ0n) is 21.4. The SMILES string of the molecule is COc1c(=O)n(C2(CF)CCN(C(C)=O)C2)cc2c(N[C@H](C)c3cccc([N+](=O)[O-])c3C)nc(C)nc12. The third-order valence-corrected chi connectivity index (χ3v) is 7.05. The summed E-state index contributed by atoms with van der Waals surface area (Å²) in [4.78, 5) is 46.9. The van der Waals surface area contributed by atoms with Crippen LogP contribution in [-0.2, 0) is 10.3 Å². The van der Waals surface area contributed by atoms with Crippen molar-refractivity contribution in [1.82, 2.24) is 19.4 Å². The van der Waals surface area contributed by atoms with Gasteiger partial charge in [-0.3, -0.25) is 19.7 Å². The minimum absolute atomic E-state index is 0.00605. The molecule has 1 amide bonds. The van der Waals surface area contributed by atoms with Crippen molar-refractivity contribution >= 4 is 28.3 Å². The molecule has 12 heteroatoms. The molecule has 1 fully saturated rings. The first-order chi connectivity index (χ1) is 17.5. The molecule has 196 valence electrons. The van der Waals surface area contributed by atoms with E-state index in [1.165, 1.54) is 35.8 Å². The van der Waals surface area contributed by atoms with Crippen molar-refractivity contribution < 1.29 is 18.8 Å². The van der Waals surface area contributed by atoms with E-state index in [9.17, 15) is 24.1 Å². The van der Waals surface area contributed by atoms with Gasteiger partial charge in [0.25, 0.3) is 11.2 Å². The van der Waals surface area contributed by atoms with Crippen LogP contribution < -0.4 is 15.6 Å². The Morgan fingerprint density at radius 3 is 2.68 bits per heavy atom. The molecule has 1 saturated heterocycles. The topological polar surface area (TPSA) is 132 Å². The Bertz CT molecular complexity index is 1460. The molecular weight excluding hydrogens is 483 g/mol. The van der Waals surface area contributed by atoms with E-state index >= 15 is 0 Å². The van der Waals surface area contributed by atoms with Crippen molar-refractivity contribution in [2.75, 3.05) is 32.2 Å². The van der Waals surface area contributed by atoms with Crippen LogP contribution in [0.25, 0.3) is 10.9 Å². The largest absolute Gasteiger partial charge is 0.490 e. The first kappa shape index (κ1) is 26.0. The summed E-state index contributed by atoms with van der Waals surface area (Å²) in [5, 5.41) is 15.1. The van der Waals surface area contributed by atoms with Crippen LogP contribution in [0.3, 0.4) is 0 Å². The minimum atomic E-state index is -1.26. The molecule has 0 spiro atoms. The maximum atomic E-state index is 14.6. The zero-order valence-corrected chi connectivity index (χ0v) is 21.4. The molecule has 0 saturated carbocycles. The molecule has 2 aromatic heterocycles. The summed E-state index contributed by atoms with van der Waals surface area (Å²) in [5.74, 6) is 0.485. The van der Waals surface area contributed by atoms with Crippen molar-refractivity contribution in [3.8, 4) is 5.75 Å². The molecule has 3 heterocycles. The van der Waals surface area contributed by atoms with Crippen LogP contribution in [0.1, 0.15) is 43.3 Å². The number of ether oxygens (including phenoxy) is 1. The summed E-state index contributed by atoms with van der Waals surface area (Å²) >= 11 is 0. The van der Waals surface area contributed by atoms with Crippen LogP contribution in [0.2, 0.25) is 0 Å². The third kappa shape index (κ3) is 4.47. The van der Waals surface area contributed by atoms with Crippen LogP contribution in [0.4, 0.5) is 15.9 Å². The number of anilines is 1. The number of nitro groups is 1. The summed E-state index contributed by atoms with van der Waals surface area (Å²) in [6, 6.07) is 4.45. The van der Waals surface area contributed by atoms with Gasteiger partial charge in [0.1, 0.15) is 23.8 Å². The smallest absolute Gasteiger partial charge is 0.295 e. The number of nitrogens with zero attached hydrogens (tertiary/aromatic N) is 5. The van der Waals surface area contributed by atoms with Crippen LogP contribution >= 0.6 is 0 Å². The number of amides is 1. The first-order valence-corrected chi connectivity index (χ1v) is 11.8. The lowest BCUT2D eigenvalue weighted by Crippen LogP contribution is -2.45. The molecule has 2 atom stereocenters. The Morgan fingerprint density at radius 1 is 1.35 bits per heavy atom. The van der Waals surface area contributed by atoms with Gasteiger partial charge in [-0.2, -0.15) is 0 Å². The summed E-state index contributed by atoms with van der Waals surface area (Å²) in [7, 11) is 1.35. The van der Waals surface area contributed by atoms with E-state index in [0.29, 0.717) is 34.7 Å². The Balaban J connectivity index is 1.88. The number of nitro benzene ring substituents is 1. The lowest BCUT2D eigenvalue weighted by atomic mass is 9.99. The maximum absolute atomic E-state index is 14.6. The Kier molecular flexibility index (Phi) is 6.85. The molecule has 37 heavy (non-hydrogen) atoms. The van der Waals surface area contributed by atoms with E-state index in [1.807, 2.05) is 6.92 Å². The molecule has 0 radical (unpaired) electrons. The number of carbonyl (C=O) groups excluding carboxylic acids is 1. The molecule has 11 nitrogen and oxygen atoms in total. The number of alkyl halides is 1. The first-order valence-electron chi connectivity index (χ1n) is 11.8. The summed E-state index contributed by atoms with van der Waals surface area (Å²) in [5.41, 5.74) is -0.321. The third-order valence-electron chi connectivity index (χ3n) is 7.05. The van der Waals surface area contributed by atoms with Gasteiger partial charge in [0.2, 0.25) is 11.7 Å². The van der Waals surface area contributed by atoms with Crippen molar-refractivity contribution in [2.45, 2.75) is 45.7 Å². The second-order valence-electron chi connectivity index (χ2n) is 9.38. The van der Waals surface area contributed by atoms with Crippen molar-refractivity contribution in [1.29, 1.82) is 0 Å². The average Bonchev–Trinajstić information content (AvgIpc) is 3.29. The Hall–Kier alpha value is -4.09. The van der Waals surface area contributed by atoms with E-state index in [2.05, 4.69) is 15.3 Å². The fourth-order valence-electron chi connectivity index (χ4n) is 5.01. The van der Waals surface area contributed by atoms with E-state index in [4.69, 9.17) is 4.74 Å². The minimum Gasteiger partial charge on any atom is -0.490 e. The van der Waals surface area contributed by atoms with Gasteiger partial charge < -0.3 is 19.5 Å². The lowest BCUT2D eigenvalue weighted by Gasteiger charge is -2.29. The van der Waals surface area contributed by atoms with E-state index in [1.54, 1.807) is 26.0 Å². The highest BCUT2D eigenvalue weighted by Crippen LogP contribution is 2.35. The van der Waals surface area contributed by atoms with Gasteiger partial charge in [-0.15, -0.1) is 0 Å². The molecule has 3 aromatic rings. The number of benzene rings is 1. The standard InChI is InChI=1S/C25H29FN6O5/c1-14-18(7-6-8-20(14)32(35)36)15(2)27-23-19-11-31(25(12-26)9-10-30(13-25)17(4)33)24(34)22(37-5)21(19)28-16(3)29-23/h6-8,11,15H,9-10,12-13H2,1-5H3,(H,27,28,29)/t15-,25?/m1/s1. The number of carbonyl (C=O) groups is 1. The number of pyridine rings is 1. The van der Waals surface area contributed by atoms with Crippen LogP contribution in [0.5, 0.6) is 5.75 Å². The van der Waals surface area contributed by atoms with Crippen molar-refractivity contribution in [3.05, 3.63) is 61.8 Å². The number of methoxy groups -OCH3 is 1. The number of nitrogens with one attached hydrogen (secondary N) is 1. The highest BCUT2D eigenvalue weighted by atomic mass is 19.1. The zero-order chi connectivity index (χ0) is 27.1.